The largest absolute Gasteiger partial charge is 0.354 e. The number of thiazole rings is 1. The predicted octanol–water partition coefficient (Wildman–Crippen LogP) is 3.98. The van der Waals surface area contributed by atoms with Crippen molar-refractivity contribution in [2.24, 2.45) is 0 Å². The monoisotopic (exact) mass is 289 g/mol. The first-order valence-corrected chi connectivity index (χ1v) is 7.13. The zero-order chi connectivity index (χ0) is 13.2. The van der Waals surface area contributed by atoms with Crippen LogP contribution < -0.4 is 4.90 Å². The number of halogens is 1. The molecule has 0 radical (unpaired) electrons. The average Bonchev–Trinajstić information content (AvgIpc) is 2.92. The third-order valence-electron chi connectivity index (χ3n) is 2.92. The molecule has 96 valence electrons. The first kappa shape index (κ1) is 12.4. The predicted molar refractivity (Wildman–Crippen MR) is 81.0 cm³/mol. The Bertz CT molecular complexity index is 697. The zero-order valence-corrected chi connectivity index (χ0v) is 11.9. The van der Waals surface area contributed by atoms with Crippen molar-refractivity contribution < 1.29 is 0 Å². The van der Waals surface area contributed by atoms with Gasteiger partial charge in [-0.05, 0) is 18.2 Å². The molecule has 3 rings (SSSR count). The molecule has 0 atom stereocenters. The van der Waals surface area contributed by atoms with Crippen molar-refractivity contribution in [3.8, 4) is 0 Å². The van der Waals surface area contributed by atoms with Crippen molar-refractivity contribution in [1.82, 2.24) is 9.97 Å². The lowest BCUT2D eigenvalue weighted by Gasteiger charge is -2.17. The van der Waals surface area contributed by atoms with Gasteiger partial charge in [0.1, 0.15) is 5.82 Å². The van der Waals surface area contributed by atoms with Gasteiger partial charge in [-0.2, -0.15) is 0 Å². The molecule has 0 spiro atoms. The van der Waals surface area contributed by atoms with E-state index < -0.39 is 0 Å². The van der Waals surface area contributed by atoms with E-state index in [1.54, 1.807) is 11.3 Å². The number of pyridine rings is 1. The third-order valence-corrected chi connectivity index (χ3v) is 3.99. The molecule has 19 heavy (non-hydrogen) atoms. The fraction of sp³-hybridized carbons (Fsp3) is 0.143. The Kier molecular flexibility index (Phi) is 3.36. The summed E-state index contributed by atoms with van der Waals surface area (Å²) >= 11 is 7.83. The minimum Gasteiger partial charge on any atom is -0.354 e. The molecule has 3 aromatic rings. The van der Waals surface area contributed by atoms with Crippen LogP contribution in [0.4, 0.5) is 5.82 Å². The number of benzene rings is 1. The van der Waals surface area contributed by atoms with E-state index in [1.165, 1.54) is 4.88 Å². The molecule has 0 bridgehead atoms. The molecule has 3 nitrogen and oxygen atoms in total. The Morgan fingerprint density at radius 3 is 2.95 bits per heavy atom. The Labute approximate surface area is 120 Å². The van der Waals surface area contributed by atoms with Crippen LogP contribution >= 0.6 is 22.9 Å². The molecule has 2 heterocycles. The molecule has 0 aliphatic rings. The second-order valence-electron chi connectivity index (χ2n) is 4.30. The number of para-hydroxylation sites is 1. The molecule has 0 unspecified atom stereocenters. The summed E-state index contributed by atoms with van der Waals surface area (Å²) in [4.78, 5) is 12.0. The first-order chi connectivity index (χ1) is 9.24. The van der Waals surface area contributed by atoms with Crippen molar-refractivity contribution in [1.29, 1.82) is 0 Å². The molecule has 0 fully saturated rings. The number of rotatable bonds is 3. The van der Waals surface area contributed by atoms with Crippen LogP contribution in [0.1, 0.15) is 4.88 Å². The molecule has 2 aromatic heterocycles. The third kappa shape index (κ3) is 2.55. The van der Waals surface area contributed by atoms with Gasteiger partial charge in [0.15, 0.2) is 0 Å². The van der Waals surface area contributed by atoms with Crippen LogP contribution in [0.2, 0.25) is 5.02 Å². The number of nitrogens with zero attached hydrogens (tertiary/aromatic N) is 3. The van der Waals surface area contributed by atoms with Gasteiger partial charge >= 0.3 is 0 Å². The second-order valence-corrected chi connectivity index (χ2v) is 5.68. The van der Waals surface area contributed by atoms with Gasteiger partial charge in [0.2, 0.25) is 0 Å². The van der Waals surface area contributed by atoms with Crippen LogP contribution in [0.3, 0.4) is 0 Å². The molecule has 0 saturated heterocycles. The lowest BCUT2D eigenvalue weighted by atomic mass is 10.2. The van der Waals surface area contributed by atoms with Crippen molar-refractivity contribution in [3.05, 3.63) is 51.9 Å². The molecular weight excluding hydrogens is 278 g/mol. The SMILES string of the molecule is CN(Cc1cncs1)c1ccc2cccc(Cl)c2n1. The summed E-state index contributed by atoms with van der Waals surface area (Å²) in [6, 6.07) is 9.88. The lowest BCUT2D eigenvalue weighted by Crippen LogP contribution is -2.16. The summed E-state index contributed by atoms with van der Waals surface area (Å²) in [6.07, 6.45) is 1.88. The highest BCUT2D eigenvalue weighted by Gasteiger charge is 2.07. The van der Waals surface area contributed by atoms with Gasteiger partial charge in [0.05, 0.1) is 22.6 Å². The molecule has 0 amide bonds. The Balaban J connectivity index is 1.94. The molecule has 0 saturated carbocycles. The van der Waals surface area contributed by atoms with Crippen LogP contribution in [0.5, 0.6) is 0 Å². The van der Waals surface area contributed by atoms with Crippen LogP contribution in [-0.2, 0) is 6.54 Å². The van der Waals surface area contributed by atoms with E-state index in [4.69, 9.17) is 11.6 Å². The number of aromatic nitrogens is 2. The van der Waals surface area contributed by atoms with Gasteiger partial charge < -0.3 is 4.90 Å². The molecular formula is C14H12ClN3S. The van der Waals surface area contributed by atoms with E-state index in [0.29, 0.717) is 5.02 Å². The van der Waals surface area contributed by atoms with Gasteiger partial charge in [0.25, 0.3) is 0 Å². The maximum atomic E-state index is 6.19. The summed E-state index contributed by atoms with van der Waals surface area (Å²) in [5, 5.41) is 1.74. The number of anilines is 1. The van der Waals surface area contributed by atoms with Gasteiger partial charge in [0, 0.05) is 23.5 Å². The van der Waals surface area contributed by atoms with Crippen LogP contribution in [-0.4, -0.2) is 17.0 Å². The maximum Gasteiger partial charge on any atom is 0.129 e. The van der Waals surface area contributed by atoms with E-state index in [2.05, 4.69) is 14.9 Å². The summed E-state index contributed by atoms with van der Waals surface area (Å²) in [6.45, 7) is 0.799. The zero-order valence-electron chi connectivity index (χ0n) is 10.4. The van der Waals surface area contributed by atoms with Gasteiger partial charge in [-0.25, -0.2) is 4.98 Å². The smallest absolute Gasteiger partial charge is 0.129 e. The number of hydrogen-bond donors (Lipinski definition) is 0. The van der Waals surface area contributed by atoms with Crippen molar-refractivity contribution in [2.45, 2.75) is 6.54 Å². The van der Waals surface area contributed by atoms with Crippen LogP contribution in [0.25, 0.3) is 10.9 Å². The highest BCUT2D eigenvalue weighted by molar-refractivity contribution is 7.09. The van der Waals surface area contributed by atoms with Crippen molar-refractivity contribution in [3.63, 3.8) is 0 Å². The van der Waals surface area contributed by atoms with Gasteiger partial charge in [-0.3, -0.25) is 4.98 Å². The Morgan fingerprint density at radius 1 is 1.26 bits per heavy atom. The highest BCUT2D eigenvalue weighted by Crippen LogP contribution is 2.24. The van der Waals surface area contributed by atoms with Crippen molar-refractivity contribution >= 4 is 39.7 Å². The minimum absolute atomic E-state index is 0.686. The van der Waals surface area contributed by atoms with Crippen LogP contribution in [0, 0.1) is 0 Å². The average molecular weight is 290 g/mol. The fourth-order valence-corrected chi connectivity index (χ4v) is 2.82. The normalized spacial score (nSPS) is 10.8. The first-order valence-electron chi connectivity index (χ1n) is 5.88. The van der Waals surface area contributed by atoms with E-state index >= 15 is 0 Å². The highest BCUT2D eigenvalue weighted by atomic mass is 35.5. The summed E-state index contributed by atoms with van der Waals surface area (Å²) in [5.41, 5.74) is 2.69. The molecule has 1 aromatic carbocycles. The quantitative estimate of drug-likeness (QED) is 0.730. The number of hydrogen-bond acceptors (Lipinski definition) is 4. The summed E-state index contributed by atoms with van der Waals surface area (Å²) < 4.78 is 0. The lowest BCUT2D eigenvalue weighted by molar-refractivity contribution is 0.915. The van der Waals surface area contributed by atoms with E-state index in [0.717, 1.165) is 23.3 Å². The van der Waals surface area contributed by atoms with E-state index in [1.807, 2.05) is 49.1 Å². The Morgan fingerprint density at radius 2 is 2.16 bits per heavy atom. The molecule has 5 heteroatoms. The molecule has 0 aliphatic heterocycles. The molecule has 0 aliphatic carbocycles. The fourth-order valence-electron chi connectivity index (χ4n) is 1.95. The van der Waals surface area contributed by atoms with Gasteiger partial charge in [-0.15, -0.1) is 11.3 Å². The van der Waals surface area contributed by atoms with Gasteiger partial charge in [-0.1, -0.05) is 23.7 Å². The van der Waals surface area contributed by atoms with E-state index in [-0.39, 0.29) is 0 Å². The van der Waals surface area contributed by atoms with Crippen LogP contribution in [0.15, 0.2) is 42.0 Å². The topological polar surface area (TPSA) is 29.0 Å². The maximum absolute atomic E-state index is 6.19. The Hall–Kier alpha value is -1.65. The molecule has 0 N–H and O–H groups in total. The number of fused-ring (bicyclic) bond motifs is 1. The standard InChI is InChI=1S/C14H12ClN3S/c1-18(8-11-7-16-9-19-11)13-6-5-10-3-2-4-12(15)14(10)17-13/h2-7,9H,8H2,1H3. The second kappa shape index (κ2) is 5.15. The van der Waals surface area contributed by atoms with Crippen molar-refractivity contribution in [2.75, 3.05) is 11.9 Å². The summed E-state index contributed by atoms with van der Waals surface area (Å²) in [7, 11) is 2.02. The minimum atomic E-state index is 0.686. The van der Waals surface area contributed by atoms with E-state index in [9.17, 15) is 0 Å². The summed E-state index contributed by atoms with van der Waals surface area (Å²) in [5.74, 6) is 0.911.